The maximum absolute atomic E-state index is 11.0. The number of benzene rings is 1. The number of nitrogens with two attached hydrogens (primary N) is 1. The average molecular weight is 337 g/mol. The fourth-order valence-corrected chi connectivity index (χ4v) is 2.93. The molecule has 1 amide bonds. The number of aromatic nitrogens is 4. The van der Waals surface area contributed by atoms with E-state index in [4.69, 9.17) is 5.73 Å². The van der Waals surface area contributed by atoms with Crippen molar-refractivity contribution >= 4 is 34.5 Å². The summed E-state index contributed by atoms with van der Waals surface area (Å²) in [5.41, 5.74) is 8.87. The van der Waals surface area contributed by atoms with Crippen LogP contribution < -0.4 is 5.73 Å². The summed E-state index contributed by atoms with van der Waals surface area (Å²) in [5, 5.41) is 5.55. The second kappa shape index (κ2) is 5.76. The zero-order chi connectivity index (χ0) is 16.7. The van der Waals surface area contributed by atoms with Crippen molar-refractivity contribution < 1.29 is 4.79 Å². The molecule has 0 unspecified atom stereocenters. The third-order valence-corrected chi connectivity index (χ3v) is 4.34. The molecule has 120 valence electrons. The minimum Gasteiger partial charge on any atom is -0.366 e. The van der Waals surface area contributed by atoms with E-state index in [1.165, 1.54) is 18.9 Å². The number of fused-ring (bicyclic) bond motifs is 1. The van der Waals surface area contributed by atoms with Gasteiger partial charge in [-0.3, -0.25) is 14.8 Å². The van der Waals surface area contributed by atoms with E-state index in [1.54, 1.807) is 10.9 Å². The largest absolute Gasteiger partial charge is 0.366 e. The quantitative estimate of drug-likeness (QED) is 0.566. The van der Waals surface area contributed by atoms with Gasteiger partial charge in [0.05, 0.1) is 29.3 Å². The van der Waals surface area contributed by atoms with Crippen molar-refractivity contribution in [2.45, 2.75) is 18.8 Å². The SMILES string of the molecule is NC(=O)/C=C(\S)n1ncc2cc(-c3cnc(C4CC4)cn3)ccc21. The number of hydrogen-bond donors (Lipinski definition) is 2. The summed E-state index contributed by atoms with van der Waals surface area (Å²) in [4.78, 5) is 20.0. The molecule has 0 spiro atoms. The van der Waals surface area contributed by atoms with Gasteiger partial charge >= 0.3 is 0 Å². The molecule has 7 heteroatoms. The Balaban J connectivity index is 1.70. The number of primary amides is 1. The first-order valence-electron chi connectivity index (χ1n) is 7.62. The lowest BCUT2D eigenvalue weighted by atomic mass is 10.1. The Morgan fingerprint density at radius 1 is 1.25 bits per heavy atom. The molecule has 1 aliphatic carbocycles. The standard InChI is InChI=1S/C17H15N5OS/c18-16(23)6-17(24)22-15-4-3-11(5-12(15)7-21-22)14-9-19-13(8-20-14)10-1-2-10/h3-10,24H,1-2H2,(H2,18,23)/b17-6-. The van der Waals surface area contributed by atoms with E-state index in [2.05, 4.69) is 27.7 Å². The highest BCUT2D eigenvalue weighted by molar-refractivity contribution is 7.90. The maximum atomic E-state index is 11.0. The number of nitrogens with zero attached hydrogens (tertiary/aromatic N) is 4. The Morgan fingerprint density at radius 2 is 2.08 bits per heavy atom. The Morgan fingerprint density at radius 3 is 2.75 bits per heavy atom. The highest BCUT2D eigenvalue weighted by Gasteiger charge is 2.25. The van der Waals surface area contributed by atoms with Gasteiger partial charge < -0.3 is 5.73 Å². The number of amides is 1. The molecule has 2 heterocycles. The molecule has 4 rings (SSSR count). The van der Waals surface area contributed by atoms with Gasteiger partial charge in [0.2, 0.25) is 5.91 Å². The van der Waals surface area contributed by atoms with Gasteiger partial charge in [-0.2, -0.15) is 5.10 Å². The topological polar surface area (TPSA) is 86.7 Å². The molecule has 1 aliphatic rings. The van der Waals surface area contributed by atoms with Crippen LogP contribution in [-0.4, -0.2) is 25.7 Å². The molecule has 0 aliphatic heterocycles. The average Bonchev–Trinajstić information content (AvgIpc) is 3.33. The second-order valence-electron chi connectivity index (χ2n) is 5.84. The van der Waals surface area contributed by atoms with Crippen LogP contribution in [-0.2, 0) is 4.79 Å². The van der Waals surface area contributed by atoms with E-state index >= 15 is 0 Å². The molecular formula is C17H15N5OS. The van der Waals surface area contributed by atoms with Crippen LogP contribution in [0.3, 0.4) is 0 Å². The summed E-state index contributed by atoms with van der Waals surface area (Å²) in [6.45, 7) is 0. The Bertz CT molecular complexity index is 957. The van der Waals surface area contributed by atoms with Crippen LogP contribution in [0, 0.1) is 0 Å². The highest BCUT2D eigenvalue weighted by atomic mass is 32.1. The zero-order valence-corrected chi connectivity index (χ0v) is 13.6. The number of hydrogen-bond acceptors (Lipinski definition) is 5. The third-order valence-electron chi connectivity index (χ3n) is 4.02. The highest BCUT2D eigenvalue weighted by Crippen LogP contribution is 2.38. The molecule has 0 bridgehead atoms. The van der Waals surface area contributed by atoms with Crippen LogP contribution in [0.1, 0.15) is 24.5 Å². The van der Waals surface area contributed by atoms with Crippen molar-refractivity contribution in [1.82, 2.24) is 19.7 Å². The minimum atomic E-state index is -0.564. The van der Waals surface area contributed by atoms with E-state index in [9.17, 15) is 4.79 Å². The molecule has 1 aromatic carbocycles. The normalized spacial score (nSPS) is 15.0. The van der Waals surface area contributed by atoms with Crippen LogP contribution in [0.5, 0.6) is 0 Å². The summed E-state index contributed by atoms with van der Waals surface area (Å²) in [6, 6.07) is 5.86. The number of rotatable bonds is 4. The fourth-order valence-electron chi connectivity index (χ4n) is 2.64. The first kappa shape index (κ1) is 14.9. The first-order valence-corrected chi connectivity index (χ1v) is 8.07. The second-order valence-corrected chi connectivity index (χ2v) is 6.29. The number of carbonyl (C=O) groups is 1. The molecular weight excluding hydrogens is 322 g/mol. The molecule has 2 N–H and O–H groups in total. The van der Waals surface area contributed by atoms with Gasteiger partial charge in [0.15, 0.2) is 0 Å². The summed E-state index contributed by atoms with van der Waals surface area (Å²) < 4.78 is 1.56. The van der Waals surface area contributed by atoms with Crippen molar-refractivity contribution in [3.05, 3.63) is 48.6 Å². The van der Waals surface area contributed by atoms with Crippen molar-refractivity contribution in [3.8, 4) is 11.3 Å². The minimum absolute atomic E-state index is 0.374. The van der Waals surface area contributed by atoms with Crippen LogP contribution in [0.15, 0.2) is 42.9 Å². The molecule has 0 atom stereocenters. The predicted octanol–water partition coefficient (Wildman–Crippen LogP) is 2.58. The summed E-state index contributed by atoms with van der Waals surface area (Å²) in [6.07, 6.45) is 9.05. The van der Waals surface area contributed by atoms with Crippen molar-refractivity contribution in [3.63, 3.8) is 0 Å². The van der Waals surface area contributed by atoms with E-state index in [1.807, 2.05) is 30.6 Å². The van der Waals surface area contributed by atoms with E-state index in [-0.39, 0.29) is 0 Å². The molecule has 3 aromatic rings. The number of thiol groups is 1. The lowest BCUT2D eigenvalue weighted by Gasteiger charge is -2.04. The lowest BCUT2D eigenvalue weighted by molar-refractivity contribution is -0.113. The Kier molecular flexibility index (Phi) is 3.57. The van der Waals surface area contributed by atoms with E-state index in [0.717, 1.165) is 27.9 Å². The van der Waals surface area contributed by atoms with Crippen LogP contribution in [0.4, 0.5) is 0 Å². The van der Waals surface area contributed by atoms with Crippen LogP contribution >= 0.6 is 12.6 Å². The van der Waals surface area contributed by atoms with Gasteiger partial charge in [0, 0.05) is 29.1 Å². The molecule has 24 heavy (non-hydrogen) atoms. The van der Waals surface area contributed by atoms with Crippen molar-refractivity contribution in [2.24, 2.45) is 5.73 Å². The predicted molar refractivity (Wildman–Crippen MR) is 95.2 cm³/mol. The molecule has 6 nitrogen and oxygen atoms in total. The first-order chi connectivity index (χ1) is 11.6. The third kappa shape index (κ3) is 2.78. The summed E-state index contributed by atoms with van der Waals surface area (Å²) >= 11 is 4.27. The smallest absolute Gasteiger partial charge is 0.244 e. The van der Waals surface area contributed by atoms with Gasteiger partial charge in [0.25, 0.3) is 0 Å². The fraction of sp³-hybridized carbons (Fsp3) is 0.176. The molecule has 1 fully saturated rings. The Hall–Kier alpha value is -2.67. The summed E-state index contributed by atoms with van der Waals surface area (Å²) in [7, 11) is 0. The van der Waals surface area contributed by atoms with Crippen LogP contribution in [0.25, 0.3) is 27.2 Å². The van der Waals surface area contributed by atoms with Gasteiger partial charge in [-0.15, -0.1) is 12.6 Å². The van der Waals surface area contributed by atoms with E-state index < -0.39 is 5.91 Å². The van der Waals surface area contributed by atoms with Crippen LogP contribution in [0.2, 0.25) is 0 Å². The Labute approximate surface area is 143 Å². The molecule has 2 aromatic heterocycles. The number of carbonyl (C=O) groups excluding carboxylic acids is 1. The molecule has 0 radical (unpaired) electrons. The van der Waals surface area contributed by atoms with Gasteiger partial charge in [-0.25, -0.2) is 4.68 Å². The maximum Gasteiger partial charge on any atom is 0.244 e. The van der Waals surface area contributed by atoms with Gasteiger partial charge in [0.1, 0.15) is 5.03 Å². The summed E-state index contributed by atoms with van der Waals surface area (Å²) in [5.74, 6) is 0.0319. The monoisotopic (exact) mass is 337 g/mol. The van der Waals surface area contributed by atoms with Gasteiger partial charge in [-0.05, 0) is 25.0 Å². The zero-order valence-electron chi connectivity index (χ0n) is 12.8. The molecule has 0 saturated heterocycles. The lowest BCUT2D eigenvalue weighted by Crippen LogP contribution is -2.08. The van der Waals surface area contributed by atoms with Crippen molar-refractivity contribution in [2.75, 3.05) is 0 Å². The molecule has 1 saturated carbocycles. The van der Waals surface area contributed by atoms with Crippen molar-refractivity contribution in [1.29, 1.82) is 0 Å². The van der Waals surface area contributed by atoms with Gasteiger partial charge in [-0.1, -0.05) is 6.07 Å². The van der Waals surface area contributed by atoms with E-state index in [0.29, 0.717) is 10.9 Å².